The van der Waals surface area contributed by atoms with Gasteiger partial charge in [-0.25, -0.2) is 6.14 Å². The molecule has 0 aliphatic heterocycles. The number of nitrogens with zero attached hydrogens (tertiary/aromatic N) is 1. The molecule has 74 valence electrons. The highest BCUT2D eigenvalue weighted by Gasteiger charge is 2.03. The van der Waals surface area contributed by atoms with Crippen LogP contribution in [0.1, 0.15) is 6.92 Å². The monoisotopic (exact) mass is 303 g/mol. The lowest BCUT2D eigenvalue weighted by Crippen LogP contribution is -1.89. The van der Waals surface area contributed by atoms with E-state index < -0.39 is 19.8 Å². The predicted molar refractivity (Wildman–Crippen MR) is 61.7 cm³/mol. The summed E-state index contributed by atoms with van der Waals surface area (Å²) < 4.78 is 24.2. The highest BCUT2D eigenvalue weighted by molar-refractivity contribution is 14.2. The summed E-state index contributed by atoms with van der Waals surface area (Å²) in [5, 5.41) is 0.998. The Morgan fingerprint density at radius 1 is 1.29 bits per heavy atom. The molecule has 2 rings (SSSR count). The van der Waals surface area contributed by atoms with Gasteiger partial charge in [-0.05, 0) is 31.2 Å². The lowest BCUT2D eigenvalue weighted by molar-refractivity contribution is 0.610. The van der Waals surface area contributed by atoms with E-state index in [1.165, 1.54) is 0 Å². The standard InChI is InChI=1S/C10H10INO2/c1-2-12-6-5-8-7-9(11(13)14)3-4-10(8)12/h3-7H,2H2,1H3. The molecule has 0 unspecified atom stereocenters. The number of rotatable bonds is 2. The fourth-order valence-electron chi connectivity index (χ4n) is 1.54. The first-order valence-corrected chi connectivity index (χ1v) is 7.20. The van der Waals surface area contributed by atoms with Crippen LogP contribution in [-0.4, -0.2) is 4.57 Å². The maximum atomic E-state index is 10.8. The summed E-state index contributed by atoms with van der Waals surface area (Å²) in [6.45, 7) is 2.97. The highest BCUT2D eigenvalue weighted by Crippen LogP contribution is 2.23. The largest absolute Gasteiger partial charge is 0.348 e. The molecule has 0 saturated carbocycles. The van der Waals surface area contributed by atoms with E-state index in [0.717, 1.165) is 17.4 Å². The highest BCUT2D eigenvalue weighted by atomic mass is 127. The quantitative estimate of drug-likeness (QED) is 0.800. The second-order valence-corrected chi connectivity index (χ2v) is 5.51. The minimum absolute atomic E-state index is 0.468. The molecule has 4 heteroatoms. The maximum Gasteiger partial charge on any atom is 0.340 e. The summed E-state index contributed by atoms with van der Waals surface area (Å²) in [4.78, 5) is 0. The second kappa shape index (κ2) is 3.68. The van der Waals surface area contributed by atoms with Gasteiger partial charge < -0.3 is 4.57 Å². The zero-order chi connectivity index (χ0) is 10.1. The summed E-state index contributed by atoms with van der Waals surface area (Å²) in [5.41, 5.74) is 1.09. The molecule has 1 heterocycles. The molecule has 0 atom stereocenters. The van der Waals surface area contributed by atoms with E-state index in [0.29, 0.717) is 3.57 Å². The molecule has 0 radical (unpaired) electrons. The Hall–Kier alpha value is -0.910. The minimum Gasteiger partial charge on any atom is -0.348 e. The van der Waals surface area contributed by atoms with Gasteiger partial charge in [-0.1, -0.05) is 0 Å². The Bertz CT molecular complexity index is 532. The molecule has 0 aliphatic carbocycles. The molecule has 14 heavy (non-hydrogen) atoms. The average Bonchev–Trinajstić information content (AvgIpc) is 2.59. The molecule has 0 spiro atoms. The number of hydrogen-bond acceptors (Lipinski definition) is 2. The average molecular weight is 303 g/mol. The Kier molecular flexibility index (Phi) is 2.54. The Morgan fingerprint density at radius 3 is 2.71 bits per heavy atom. The van der Waals surface area contributed by atoms with Crippen LogP contribution in [0.2, 0.25) is 0 Å². The van der Waals surface area contributed by atoms with Gasteiger partial charge in [0.05, 0.1) is 3.57 Å². The third-order valence-corrected chi connectivity index (χ3v) is 3.94. The first-order valence-electron chi connectivity index (χ1n) is 4.36. The van der Waals surface area contributed by atoms with Gasteiger partial charge in [0.25, 0.3) is 0 Å². The first kappa shape index (κ1) is 9.64. The summed E-state index contributed by atoms with van der Waals surface area (Å²) in [7, 11) is 0. The smallest absolute Gasteiger partial charge is 0.340 e. The number of aryl methyl sites for hydroxylation is 1. The van der Waals surface area contributed by atoms with Crippen LogP contribution < -0.4 is 0 Å². The lowest BCUT2D eigenvalue weighted by atomic mass is 10.2. The topological polar surface area (TPSA) is 39.1 Å². The third-order valence-electron chi connectivity index (χ3n) is 2.25. The van der Waals surface area contributed by atoms with Crippen molar-refractivity contribution < 1.29 is 6.14 Å². The van der Waals surface area contributed by atoms with Crippen LogP contribution in [0, 0.1) is 3.57 Å². The van der Waals surface area contributed by atoms with Crippen molar-refractivity contribution >= 4 is 30.7 Å². The third kappa shape index (κ3) is 1.54. The molecule has 1 aromatic carbocycles. The van der Waals surface area contributed by atoms with Crippen LogP contribution in [0.3, 0.4) is 0 Å². The van der Waals surface area contributed by atoms with Gasteiger partial charge in [0, 0.05) is 23.6 Å². The zero-order valence-corrected chi connectivity index (χ0v) is 9.89. The molecule has 2 aromatic rings. The van der Waals surface area contributed by atoms with Crippen molar-refractivity contribution in [2.45, 2.75) is 13.5 Å². The van der Waals surface area contributed by atoms with Gasteiger partial charge in [0.1, 0.15) is 0 Å². The summed E-state index contributed by atoms with van der Waals surface area (Å²) >= 11 is -3.31. The fraction of sp³-hybridized carbons (Fsp3) is 0.200. The molecule has 0 N–H and O–H groups in total. The van der Waals surface area contributed by atoms with Crippen LogP contribution in [0.25, 0.3) is 10.9 Å². The van der Waals surface area contributed by atoms with E-state index in [1.807, 2.05) is 18.3 Å². The number of halogens is 1. The van der Waals surface area contributed by atoms with Crippen LogP contribution in [0.4, 0.5) is 0 Å². The van der Waals surface area contributed by atoms with E-state index in [9.17, 15) is 6.14 Å². The number of hydrogen-bond donors (Lipinski definition) is 0. The molecular weight excluding hydrogens is 293 g/mol. The molecule has 0 bridgehead atoms. The van der Waals surface area contributed by atoms with Crippen molar-refractivity contribution in [2.75, 3.05) is 0 Å². The van der Waals surface area contributed by atoms with Crippen molar-refractivity contribution in [3.8, 4) is 0 Å². The van der Waals surface area contributed by atoms with E-state index in [-0.39, 0.29) is 0 Å². The van der Waals surface area contributed by atoms with Crippen molar-refractivity contribution in [3.05, 3.63) is 34.0 Å². The van der Waals surface area contributed by atoms with Gasteiger partial charge in [-0.15, -0.1) is 0 Å². The first-order chi connectivity index (χ1) is 6.72. The van der Waals surface area contributed by atoms with E-state index in [2.05, 4.69) is 11.5 Å². The lowest BCUT2D eigenvalue weighted by Gasteiger charge is -1.99. The number of aromatic nitrogens is 1. The van der Waals surface area contributed by atoms with Crippen molar-refractivity contribution in [1.29, 1.82) is 0 Å². The summed E-state index contributed by atoms with van der Waals surface area (Å²) in [5.74, 6) is 0. The maximum absolute atomic E-state index is 10.8. The fourth-order valence-corrected chi connectivity index (χ4v) is 2.61. The van der Waals surface area contributed by atoms with Gasteiger partial charge in [0.2, 0.25) is 0 Å². The second-order valence-electron chi connectivity index (χ2n) is 3.02. The van der Waals surface area contributed by atoms with Crippen LogP contribution in [-0.2, 0) is 12.7 Å². The summed E-state index contributed by atoms with van der Waals surface area (Å²) in [6, 6.07) is 7.24. The van der Waals surface area contributed by atoms with Crippen molar-refractivity contribution in [1.82, 2.24) is 4.57 Å². The van der Waals surface area contributed by atoms with E-state index in [4.69, 9.17) is 0 Å². The minimum atomic E-state index is -3.31. The zero-order valence-electron chi connectivity index (χ0n) is 7.74. The van der Waals surface area contributed by atoms with Crippen LogP contribution in [0.5, 0.6) is 0 Å². The Labute approximate surface area is 88.9 Å². The van der Waals surface area contributed by atoms with Gasteiger partial charge in [-0.3, -0.25) is 0 Å². The van der Waals surface area contributed by atoms with Gasteiger partial charge in [0.15, 0.2) is 0 Å². The van der Waals surface area contributed by atoms with Crippen molar-refractivity contribution in [2.24, 2.45) is 0 Å². The Balaban J connectivity index is 2.69. The normalized spacial score (nSPS) is 11.3. The van der Waals surface area contributed by atoms with Crippen LogP contribution >= 0.6 is 19.8 Å². The van der Waals surface area contributed by atoms with E-state index in [1.54, 1.807) is 12.1 Å². The SMILES string of the molecule is CCn1ccc2cc(I(=O)=O)ccc21. The summed E-state index contributed by atoms with van der Waals surface area (Å²) in [6.07, 6.45) is 1.97. The molecular formula is C10H10INO2. The number of benzene rings is 1. The van der Waals surface area contributed by atoms with Crippen molar-refractivity contribution in [3.63, 3.8) is 0 Å². The molecule has 0 saturated heterocycles. The molecule has 0 aliphatic rings. The van der Waals surface area contributed by atoms with Gasteiger partial charge >= 0.3 is 19.8 Å². The molecule has 0 fully saturated rings. The Morgan fingerprint density at radius 2 is 2.07 bits per heavy atom. The molecule has 0 amide bonds. The molecule has 1 aromatic heterocycles. The van der Waals surface area contributed by atoms with E-state index >= 15 is 0 Å². The van der Waals surface area contributed by atoms with Crippen LogP contribution in [0.15, 0.2) is 30.5 Å². The van der Waals surface area contributed by atoms with Gasteiger partial charge in [-0.2, -0.15) is 0 Å². The predicted octanol–water partition coefficient (Wildman–Crippen LogP) is 3.03. The molecule has 3 nitrogen and oxygen atoms in total. The number of fused-ring (bicyclic) bond motifs is 1.